The van der Waals surface area contributed by atoms with Crippen molar-refractivity contribution in [2.24, 2.45) is 17.3 Å². The van der Waals surface area contributed by atoms with E-state index in [1.807, 2.05) is 0 Å². The first-order chi connectivity index (χ1) is 8.52. The van der Waals surface area contributed by atoms with Gasteiger partial charge in [-0.3, -0.25) is 0 Å². The number of rotatable bonds is 1. The minimum absolute atomic E-state index is 0.0221. The molecule has 18 heavy (non-hydrogen) atoms. The third kappa shape index (κ3) is 1.27. The molecule has 3 saturated carbocycles. The maximum atomic E-state index is 6.45. The maximum absolute atomic E-state index is 6.45. The molecule has 0 N–H and O–H groups in total. The molecule has 1 heterocycles. The van der Waals surface area contributed by atoms with Gasteiger partial charge < -0.3 is 9.31 Å². The van der Waals surface area contributed by atoms with E-state index in [1.54, 1.807) is 0 Å². The van der Waals surface area contributed by atoms with Gasteiger partial charge in [0, 0.05) is 5.82 Å². The van der Waals surface area contributed by atoms with Crippen molar-refractivity contribution in [3.05, 3.63) is 12.2 Å². The van der Waals surface area contributed by atoms with Crippen LogP contribution in [0.4, 0.5) is 0 Å². The van der Waals surface area contributed by atoms with Crippen LogP contribution in [0, 0.1) is 17.3 Å². The van der Waals surface area contributed by atoms with Gasteiger partial charge in [-0.2, -0.15) is 0 Å². The fraction of sp³-hybridized carbons (Fsp3) is 0.867. The second kappa shape index (κ2) is 3.43. The molecular formula is C15H23BO2. The molecule has 0 aromatic carbocycles. The minimum Gasteiger partial charge on any atom is -0.405 e. The molecular weight excluding hydrogens is 223 g/mol. The fourth-order valence-electron chi connectivity index (χ4n) is 4.97. The monoisotopic (exact) mass is 246 g/mol. The summed E-state index contributed by atoms with van der Waals surface area (Å²) in [4.78, 5) is 0. The van der Waals surface area contributed by atoms with E-state index >= 15 is 0 Å². The van der Waals surface area contributed by atoms with Crippen molar-refractivity contribution < 1.29 is 9.31 Å². The van der Waals surface area contributed by atoms with E-state index in [0.717, 1.165) is 5.92 Å². The molecule has 2 bridgehead atoms. The summed E-state index contributed by atoms with van der Waals surface area (Å²) in [7, 11) is 0.0221. The van der Waals surface area contributed by atoms with E-state index < -0.39 is 0 Å². The van der Waals surface area contributed by atoms with E-state index in [2.05, 4.69) is 32.9 Å². The van der Waals surface area contributed by atoms with Crippen LogP contribution >= 0.6 is 0 Å². The Bertz CT molecular complexity index is 405. The van der Waals surface area contributed by atoms with E-state index in [-0.39, 0.29) is 12.7 Å². The second-order valence-electron chi connectivity index (χ2n) is 7.51. The Morgan fingerprint density at radius 3 is 2.72 bits per heavy atom. The molecule has 0 spiro atoms. The smallest absolute Gasteiger partial charge is 0.405 e. The number of allylic oxidation sites excluding steroid dienone is 2. The van der Waals surface area contributed by atoms with Gasteiger partial charge in [-0.05, 0) is 49.9 Å². The van der Waals surface area contributed by atoms with Crippen molar-refractivity contribution in [1.82, 2.24) is 0 Å². The van der Waals surface area contributed by atoms with Gasteiger partial charge in [0.15, 0.2) is 0 Å². The average Bonchev–Trinajstić information content (AvgIpc) is 2.92. The maximum Gasteiger partial charge on any atom is 0.465 e. The Morgan fingerprint density at radius 2 is 2.06 bits per heavy atom. The molecule has 5 atom stereocenters. The molecule has 5 aliphatic rings. The van der Waals surface area contributed by atoms with Crippen LogP contribution in [-0.2, 0) is 9.31 Å². The van der Waals surface area contributed by atoms with Gasteiger partial charge in [-0.25, -0.2) is 0 Å². The van der Waals surface area contributed by atoms with E-state index in [9.17, 15) is 0 Å². The number of hydrogen-bond acceptors (Lipinski definition) is 2. The quantitative estimate of drug-likeness (QED) is 0.521. The van der Waals surface area contributed by atoms with Crippen molar-refractivity contribution in [2.75, 3.05) is 0 Å². The first-order valence-electron chi connectivity index (χ1n) is 7.52. The lowest BCUT2D eigenvalue weighted by Crippen LogP contribution is -2.65. The van der Waals surface area contributed by atoms with Gasteiger partial charge in [0.1, 0.15) is 0 Å². The Labute approximate surface area is 110 Å². The highest BCUT2D eigenvalue weighted by Crippen LogP contribution is 2.66. The Hall–Kier alpha value is -0.275. The van der Waals surface area contributed by atoms with Gasteiger partial charge in [-0.15, -0.1) is 0 Å². The molecule has 0 aromatic rings. The van der Waals surface area contributed by atoms with Crippen molar-refractivity contribution in [3.8, 4) is 0 Å². The number of hydrogen-bond donors (Lipinski definition) is 0. The summed E-state index contributed by atoms with van der Waals surface area (Å²) < 4.78 is 12.7. The van der Waals surface area contributed by atoms with Gasteiger partial charge in [0.05, 0.1) is 11.7 Å². The predicted molar refractivity (Wildman–Crippen MR) is 72.2 cm³/mol. The summed E-state index contributed by atoms with van der Waals surface area (Å²) in [5, 5.41) is 0. The molecule has 5 rings (SSSR count). The van der Waals surface area contributed by atoms with E-state index in [4.69, 9.17) is 9.31 Å². The van der Waals surface area contributed by atoms with Crippen LogP contribution in [0.25, 0.3) is 0 Å². The molecule has 0 aromatic heterocycles. The van der Waals surface area contributed by atoms with Crippen molar-refractivity contribution in [3.63, 3.8) is 0 Å². The van der Waals surface area contributed by atoms with Crippen molar-refractivity contribution in [2.45, 2.75) is 64.0 Å². The fourth-order valence-corrected chi connectivity index (χ4v) is 4.97. The molecule has 1 unspecified atom stereocenters. The summed E-state index contributed by atoms with van der Waals surface area (Å²) in [5.41, 5.74) is 0.425. The standard InChI is InChI=1S/C15H23BO2/c1-14(2)10-8-12(14)15(3)13(9-10)17-16(18-15)11-6-4-5-7-11/h4,6,10-13H,5,7-9H2,1-3H3/t10-,11?,12-,13+,15-/m1/s1. The molecule has 4 aliphatic carbocycles. The second-order valence-corrected chi connectivity index (χ2v) is 7.51. The SMILES string of the molecule is CC1(C)[C@H]2C[C@@H]3OB(C4C=CCC4)O[C@]3(C)[C@@H]1C2. The van der Waals surface area contributed by atoms with Crippen LogP contribution in [0.2, 0.25) is 5.82 Å². The third-order valence-corrected chi connectivity index (χ3v) is 6.37. The summed E-state index contributed by atoms with van der Waals surface area (Å²) >= 11 is 0. The highest BCUT2D eigenvalue weighted by Gasteiger charge is 2.68. The van der Waals surface area contributed by atoms with Gasteiger partial charge >= 0.3 is 7.12 Å². The Kier molecular flexibility index (Phi) is 2.20. The molecule has 1 saturated heterocycles. The lowest BCUT2D eigenvalue weighted by atomic mass is 9.43. The summed E-state index contributed by atoms with van der Waals surface area (Å²) in [6, 6.07) is 0. The van der Waals surface area contributed by atoms with Crippen LogP contribution in [0.1, 0.15) is 46.5 Å². The van der Waals surface area contributed by atoms with Crippen LogP contribution in [-0.4, -0.2) is 18.8 Å². The third-order valence-electron chi connectivity index (χ3n) is 6.37. The lowest BCUT2D eigenvalue weighted by molar-refractivity contribution is -0.199. The van der Waals surface area contributed by atoms with Crippen LogP contribution in [0.3, 0.4) is 0 Å². The molecule has 4 fully saturated rings. The van der Waals surface area contributed by atoms with Gasteiger partial charge in [0.2, 0.25) is 0 Å². The van der Waals surface area contributed by atoms with Crippen LogP contribution < -0.4 is 0 Å². The highest BCUT2D eigenvalue weighted by atomic mass is 16.7. The molecule has 98 valence electrons. The summed E-state index contributed by atoms with van der Waals surface area (Å²) in [6.07, 6.45) is 9.83. The van der Waals surface area contributed by atoms with Crippen molar-refractivity contribution in [1.29, 1.82) is 0 Å². The minimum atomic E-state index is -0.0284. The Balaban J connectivity index is 1.59. The highest BCUT2D eigenvalue weighted by molar-refractivity contribution is 6.48. The first kappa shape index (κ1) is 11.5. The molecule has 3 heteroatoms. The molecule has 1 aliphatic heterocycles. The normalized spacial score (nSPS) is 52.3. The zero-order valence-electron chi connectivity index (χ0n) is 11.7. The molecule has 0 amide bonds. The predicted octanol–water partition coefficient (Wildman–Crippen LogP) is 3.43. The first-order valence-corrected chi connectivity index (χ1v) is 7.52. The van der Waals surface area contributed by atoms with E-state index in [0.29, 0.717) is 23.3 Å². The Morgan fingerprint density at radius 1 is 1.22 bits per heavy atom. The van der Waals surface area contributed by atoms with E-state index in [1.165, 1.54) is 25.7 Å². The topological polar surface area (TPSA) is 18.5 Å². The van der Waals surface area contributed by atoms with Gasteiger partial charge in [0.25, 0.3) is 0 Å². The summed E-state index contributed by atoms with van der Waals surface area (Å²) in [5.74, 6) is 2.03. The molecule has 2 nitrogen and oxygen atoms in total. The zero-order chi connectivity index (χ0) is 12.5. The zero-order valence-corrected chi connectivity index (χ0v) is 11.7. The molecule has 0 radical (unpaired) electrons. The average molecular weight is 246 g/mol. The van der Waals surface area contributed by atoms with Crippen molar-refractivity contribution >= 4 is 7.12 Å². The van der Waals surface area contributed by atoms with Crippen LogP contribution in [0.5, 0.6) is 0 Å². The largest absolute Gasteiger partial charge is 0.465 e. The lowest BCUT2D eigenvalue weighted by Gasteiger charge is -2.64. The van der Waals surface area contributed by atoms with Crippen LogP contribution in [0.15, 0.2) is 12.2 Å². The summed E-state index contributed by atoms with van der Waals surface area (Å²) in [6.45, 7) is 7.14. The van der Waals surface area contributed by atoms with Gasteiger partial charge in [-0.1, -0.05) is 26.0 Å².